The molecule has 2 N–H and O–H groups in total. The van der Waals surface area contributed by atoms with Crippen LogP contribution in [0, 0.1) is 0 Å². The number of aryl methyl sites for hydroxylation is 1. The predicted molar refractivity (Wildman–Crippen MR) is 100.0 cm³/mol. The minimum atomic E-state index is -0.344. The summed E-state index contributed by atoms with van der Waals surface area (Å²) < 4.78 is 5.47. The molecule has 0 saturated carbocycles. The van der Waals surface area contributed by atoms with E-state index in [1.807, 2.05) is 19.9 Å². The van der Waals surface area contributed by atoms with Crippen molar-refractivity contribution >= 4 is 5.91 Å². The number of carbonyl (C=O) groups excluding carboxylic acids is 1. The molecule has 138 valence electrons. The second-order valence-corrected chi connectivity index (χ2v) is 5.95. The molecule has 2 aromatic rings. The summed E-state index contributed by atoms with van der Waals surface area (Å²) in [6.07, 6.45) is 2.96. The summed E-state index contributed by atoms with van der Waals surface area (Å²) in [5.74, 6) is 0.902. The lowest BCUT2D eigenvalue weighted by Gasteiger charge is -2.10. The molecular formula is C19H24N4O3. The molecule has 1 aromatic heterocycles. The summed E-state index contributed by atoms with van der Waals surface area (Å²) in [5, 5.41) is 10.9. The molecule has 2 rings (SSSR count). The van der Waals surface area contributed by atoms with Crippen LogP contribution in [0.2, 0.25) is 0 Å². The van der Waals surface area contributed by atoms with E-state index in [0.29, 0.717) is 23.7 Å². The summed E-state index contributed by atoms with van der Waals surface area (Å²) in [5.41, 5.74) is 0.591. The Kier molecular flexibility index (Phi) is 7.08. The largest absolute Gasteiger partial charge is 0.490 e. The third-order valence-electron chi connectivity index (χ3n) is 3.85. The normalized spacial score (nSPS) is 11.6. The van der Waals surface area contributed by atoms with Crippen LogP contribution >= 0.6 is 0 Å². The Balaban J connectivity index is 2.06. The van der Waals surface area contributed by atoms with Crippen LogP contribution in [0.5, 0.6) is 5.75 Å². The molecule has 0 aliphatic heterocycles. The Hall–Kier alpha value is -2.96. The number of carbonyl (C=O) groups is 1. The van der Waals surface area contributed by atoms with Gasteiger partial charge in [-0.3, -0.25) is 9.59 Å². The Bertz CT molecular complexity index is 816. The Morgan fingerprint density at radius 2 is 2.23 bits per heavy atom. The van der Waals surface area contributed by atoms with Gasteiger partial charge in [-0.25, -0.2) is 0 Å². The van der Waals surface area contributed by atoms with Gasteiger partial charge in [0.2, 0.25) is 5.91 Å². The first kappa shape index (κ1) is 19.4. The van der Waals surface area contributed by atoms with Crippen molar-refractivity contribution in [1.29, 1.82) is 0 Å². The number of benzene rings is 1. The van der Waals surface area contributed by atoms with Crippen LogP contribution in [0.1, 0.15) is 32.4 Å². The molecule has 0 aliphatic carbocycles. The third kappa shape index (κ3) is 5.54. The first-order valence-corrected chi connectivity index (χ1v) is 8.62. The van der Waals surface area contributed by atoms with Gasteiger partial charge in [0.15, 0.2) is 5.82 Å². The number of hydrogen-bond donors (Lipinski definition) is 2. The molecular weight excluding hydrogens is 332 g/mol. The maximum atomic E-state index is 12.2. The predicted octanol–water partition coefficient (Wildman–Crippen LogP) is 2.24. The first-order valence-electron chi connectivity index (χ1n) is 8.62. The van der Waals surface area contributed by atoms with Gasteiger partial charge >= 0.3 is 0 Å². The zero-order chi connectivity index (χ0) is 18.9. The van der Waals surface area contributed by atoms with Crippen LogP contribution in [0.3, 0.4) is 0 Å². The highest BCUT2D eigenvalue weighted by Gasteiger charge is 2.11. The second-order valence-electron chi connectivity index (χ2n) is 5.95. The van der Waals surface area contributed by atoms with Gasteiger partial charge < -0.3 is 15.0 Å². The molecule has 0 aliphatic rings. The summed E-state index contributed by atoms with van der Waals surface area (Å²) >= 11 is 0. The van der Waals surface area contributed by atoms with Crippen molar-refractivity contribution in [3.05, 3.63) is 53.0 Å². The zero-order valence-electron chi connectivity index (χ0n) is 15.1. The topological polar surface area (TPSA) is 97.0 Å². The fraction of sp³-hybridized carbons (Fsp3) is 0.368. The van der Waals surface area contributed by atoms with Gasteiger partial charge in [0.25, 0.3) is 5.56 Å². The molecule has 7 nitrogen and oxygen atoms in total. The van der Waals surface area contributed by atoms with Crippen LogP contribution < -0.4 is 15.6 Å². The average molecular weight is 356 g/mol. The van der Waals surface area contributed by atoms with Gasteiger partial charge in [-0.15, -0.1) is 10.2 Å². The molecule has 1 aromatic carbocycles. The fourth-order valence-electron chi connectivity index (χ4n) is 2.22. The number of H-pyrrole nitrogens is 1. The molecule has 1 heterocycles. The molecule has 0 bridgehead atoms. The molecule has 7 heteroatoms. The molecule has 1 atom stereocenters. The molecule has 1 amide bonds. The molecule has 26 heavy (non-hydrogen) atoms. The standard InChI is InChI=1S/C19H24N4O3/c1-4-11-26-15-8-6-7-14(12-15)18-21-19(25)16(22-23-18)9-10-17(24)20-13(3)5-2/h4,6-8,12-13H,1,5,9-11H2,2-3H3,(H,20,24)(H,21,23,25)/t13-/m0/s1. The lowest BCUT2D eigenvalue weighted by Crippen LogP contribution is -2.32. The van der Waals surface area contributed by atoms with Crippen LogP contribution in [0.4, 0.5) is 0 Å². The minimum absolute atomic E-state index is 0.100. The summed E-state index contributed by atoms with van der Waals surface area (Å²) in [6, 6.07) is 7.30. The average Bonchev–Trinajstić information content (AvgIpc) is 2.65. The van der Waals surface area contributed by atoms with E-state index in [-0.39, 0.29) is 36.0 Å². The second kappa shape index (κ2) is 9.50. The van der Waals surface area contributed by atoms with E-state index >= 15 is 0 Å². The summed E-state index contributed by atoms with van der Waals surface area (Å²) in [4.78, 5) is 26.8. The van der Waals surface area contributed by atoms with Crippen molar-refractivity contribution in [2.45, 2.75) is 39.2 Å². The van der Waals surface area contributed by atoms with Gasteiger partial charge in [0, 0.05) is 24.4 Å². The van der Waals surface area contributed by atoms with Gasteiger partial charge in [0.1, 0.15) is 18.1 Å². The van der Waals surface area contributed by atoms with E-state index in [0.717, 1.165) is 6.42 Å². The molecule has 0 saturated heterocycles. The monoisotopic (exact) mass is 356 g/mol. The quantitative estimate of drug-likeness (QED) is 0.672. The van der Waals surface area contributed by atoms with Gasteiger partial charge in [-0.1, -0.05) is 31.7 Å². The highest BCUT2D eigenvalue weighted by molar-refractivity contribution is 5.76. The van der Waals surface area contributed by atoms with Gasteiger partial charge in [-0.05, 0) is 25.5 Å². The van der Waals surface area contributed by atoms with E-state index in [9.17, 15) is 9.59 Å². The lowest BCUT2D eigenvalue weighted by atomic mass is 10.2. The van der Waals surface area contributed by atoms with Crippen molar-refractivity contribution in [3.8, 4) is 17.1 Å². The number of amides is 1. The van der Waals surface area contributed by atoms with Crippen molar-refractivity contribution in [2.24, 2.45) is 0 Å². The highest BCUT2D eigenvalue weighted by Crippen LogP contribution is 2.19. The van der Waals surface area contributed by atoms with E-state index in [1.165, 1.54) is 0 Å². The van der Waals surface area contributed by atoms with E-state index in [2.05, 4.69) is 27.1 Å². The SMILES string of the molecule is C=CCOc1cccc(-c2nnc(CCC(=O)N[C@@H](C)CC)c(=O)[nH]2)c1. The number of rotatable bonds is 9. The van der Waals surface area contributed by atoms with Gasteiger partial charge in [0.05, 0.1) is 0 Å². The number of hydrogen-bond acceptors (Lipinski definition) is 5. The van der Waals surface area contributed by atoms with E-state index < -0.39 is 0 Å². The Morgan fingerprint density at radius 3 is 2.92 bits per heavy atom. The van der Waals surface area contributed by atoms with E-state index in [4.69, 9.17) is 4.74 Å². The molecule has 0 unspecified atom stereocenters. The van der Waals surface area contributed by atoms with Crippen LogP contribution in [-0.2, 0) is 11.2 Å². The Morgan fingerprint density at radius 1 is 1.42 bits per heavy atom. The summed E-state index contributed by atoms with van der Waals surface area (Å²) in [6.45, 7) is 7.93. The summed E-state index contributed by atoms with van der Waals surface area (Å²) in [7, 11) is 0. The maximum absolute atomic E-state index is 12.2. The van der Waals surface area contributed by atoms with Crippen molar-refractivity contribution in [1.82, 2.24) is 20.5 Å². The fourth-order valence-corrected chi connectivity index (χ4v) is 2.22. The molecule has 0 radical (unpaired) electrons. The third-order valence-corrected chi connectivity index (χ3v) is 3.85. The zero-order valence-corrected chi connectivity index (χ0v) is 15.1. The number of nitrogens with one attached hydrogen (secondary N) is 2. The van der Waals surface area contributed by atoms with E-state index in [1.54, 1.807) is 24.3 Å². The molecule has 0 fully saturated rings. The minimum Gasteiger partial charge on any atom is -0.490 e. The number of nitrogens with zero attached hydrogens (tertiary/aromatic N) is 2. The number of aromatic amines is 1. The smallest absolute Gasteiger partial charge is 0.273 e. The van der Waals surface area contributed by atoms with Crippen LogP contribution in [-0.4, -0.2) is 33.7 Å². The number of ether oxygens (including phenoxy) is 1. The van der Waals surface area contributed by atoms with Gasteiger partial charge in [-0.2, -0.15) is 0 Å². The highest BCUT2D eigenvalue weighted by atomic mass is 16.5. The number of aromatic nitrogens is 3. The van der Waals surface area contributed by atoms with Crippen molar-refractivity contribution < 1.29 is 9.53 Å². The Labute approximate surface area is 152 Å². The maximum Gasteiger partial charge on any atom is 0.273 e. The van der Waals surface area contributed by atoms with Crippen molar-refractivity contribution in [3.63, 3.8) is 0 Å². The van der Waals surface area contributed by atoms with Crippen molar-refractivity contribution in [2.75, 3.05) is 6.61 Å². The van der Waals surface area contributed by atoms with Crippen LogP contribution in [0.15, 0.2) is 41.7 Å². The van der Waals surface area contributed by atoms with Crippen LogP contribution in [0.25, 0.3) is 11.4 Å². The lowest BCUT2D eigenvalue weighted by molar-refractivity contribution is -0.121. The molecule has 0 spiro atoms. The first-order chi connectivity index (χ1) is 12.5.